The second-order valence-corrected chi connectivity index (χ2v) is 6.23. The van der Waals surface area contributed by atoms with Crippen molar-refractivity contribution in [2.45, 2.75) is 24.6 Å². The van der Waals surface area contributed by atoms with E-state index in [2.05, 4.69) is 22.9 Å². The zero-order chi connectivity index (χ0) is 13.1. The number of piperidine rings is 1. The Morgan fingerprint density at radius 1 is 1.39 bits per heavy atom. The highest BCUT2D eigenvalue weighted by Gasteiger charge is 2.26. The molecule has 18 heavy (non-hydrogen) atoms. The molecule has 0 N–H and O–H groups in total. The molecule has 1 fully saturated rings. The minimum absolute atomic E-state index is 0.183. The molecule has 1 aromatic rings. The first-order valence-electron chi connectivity index (χ1n) is 6.27. The maximum Gasteiger partial charge on any atom is 0.256 e. The van der Waals surface area contributed by atoms with Crippen molar-refractivity contribution in [3.05, 3.63) is 35.6 Å². The first-order chi connectivity index (χ1) is 8.59. The first-order valence-corrected chi connectivity index (χ1v) is 7.19. The monoisotopic (exact) mass is 313 g/mol. The van der Waals surface area contributed by atoms with Gasteiger partial charge in [0.1, 0.15) is 5.82 Å². The first kappa shape index (κ1) is 13.5. The molecule has 0 radical (unpaired) electrons. The van der Waals surface area contributed by atoms with Crippen LogP contribution in [0.4, 0.5) is 4.39 Å². The van der Waals surface area contributed by atoms with Crippen molar-refractivity contribution < 1.29 is 9.18 Å². The van der Waals surface area contributed by atoms with Gasteiger partial charge in [0.2, 0.25) is 0 Å². The Morgan fingerprint density at radius 2 is 2.00 bits per heavy atom. The fraction of sp³-hybridized carbons (Fsp3) is 0.500. The molecule has 1 saturated heterocycles. The van der Waals surface area contributed by atoms with Crippen LogP contribution in [0.5, 0.6) is 0 Å². The summed E-state index contributed by atoms with van der Waals surface area (Å²) in [4.78, 5) is 14.4. The van der Waals surface area contributed by atoms with Gasteiger partial charge in [-0.15, -0.1) is 0 Å². The third-order valence-corrected chi connectivity index (χ3v) is 4.33. The molecule has 1 heterocycles. The van der Waals surface area contributed by atoms with E-state index in [1.54, 1.807) is 23.1 Å². The number of rotatable bonds is 2. The van der Waals surface area contributed by atoms with Crippen molar-refractivity contribution in [2.24, 2.45) is 5.92 Å². The van der Waals surface area contributed by atoms with E-state index in [4.69, 9.17) is 0 Å². The Balaban J connectivity index is 2.02. The lowest BCUT2D eigenvalue weighted by molar-refractivity contribution is 0.0687. The lowest BCUT2D eigenvalue weighted by Crippen LogP contribution is -2.40. The quantitative estimate of drug-likeness (QED) is 0.766. The molecule has 1 aliphatic heterocycles. The SMILES string of the molecule is CC(Br)C1CCN(C(=O)c2ccccc2F)CC1. The number of alkyl halides is 1. The number of hydrogen-bond acceptors (Lipinski definition) is 1. The van der Waals surface area contributed by atoms with E-state index >= 15 is 0 Å². The Labute approximate surface area is 115 Å². The van der Waals surface area contributed by atoms with Crippen molar-refractivity contribution in [2.75, 3.05) is 13.1 Å². The van der Waals surface area contributed by atoms with Crippen LogP contribution >= 0.6 is 15.9 Å². The summed E-state index contributed by atoms with van der Waals surface area (Å²) in [5.41, 5.74) is 0.183. The molecule has 1 aromatic carbocycles. The molecule has 4 heteroatoms. The molecular weight excluding hydrogens is 297 g/mol. The third-order valence-electron chi connectivity index (χ3n) is 3.58. The number of hydrogen-bond donors (Lipinski definition) is 0. The van der Waals surface area contributed by atoms with Gasteiger partial charge in [0.15, 0.2) is 0 Å². The van der Waals surface area contributed by atoms with Crippen LogP contribution in [0.15, 0.2) is 24.3 Å². The van der Waals surface area contributed by atoms with E-state index in [0.29, 0.717) is 23.8 Å². The van der Waals surface area contributed by atoms with Crippen LogP contribution in [0, 0.1) is 11.7 Å². The van der Waals surface area contributed by atoms with E-state index < -0.39 is 5.82 Å². The third kappa shape index (κ3) is 2.91. The molecule has 98 valence electrons. The normalized spacial score (nSPS) is 18.7. The van der Waals surface area contributed by atoms with E-state index in [0.717, 1.165) is 12.8 Å². The topological polar surface area (TPSA) is 20.3 Å². The highest BCUT2D eigenvalue weighted by molar-refractivity contribution is 9.09. The summed E-state index contributed by atoms with van der Waals surface area (Å²) in [6.07, 6.45) is 1.96. The summed E-state index contributed by atoms with van der Waals surface area (Å²) in [5.74, 6) is -0.0121. The number of carbonyl (C=O) groups excluding carboxylic acids is 1. The number of amides is 1. The van der Waals surface area contributed by atoms with E-state index in [-0.39, 0.29) is 11.5 Å². The Hall–Kier alpha value is -0.900. The van der Waals surface area contributed by atoms with Crippen LogP contribution in [0.2, 0.25) is 0 Å². The molecule has 0 aromatic heterocycles. The maximum atomic E-state index is 13.5. The molecule has 1 aliphatic rings. The van der Waals surface area contributed by atoms with Crippen LogP contribution in [0.3, 0.4) is 0 Å². The van der Waals surface area contributed by atoms with Crippen molar-refractivity contribution >= 4 is 21.8 Å². The molecule has 1 unspecified atom stereocenters. The molecule has 0 spiro atoms. The molecular formula is C14H17BrFNO. The van der Waals surface area contributed by atoms with Gasteiger partial charge in [-0.25, -0.2) is 4.39 Å². The van der Waals surface area contributed by atoms with Crippen molar-refractivity contribution in [1.29, 1.82) is 0 Å². The fourth-order valence-corrected chi connectivity index (χ4v) is 2.90. The van der Waals surface area contributed by atoms with Gasteiger partial charge in [-0.3, -0.25) is 4.79 Å². The smallest absolute Gasteiger partial charge is 0.256 e. The molecule has 1 amide bonds. The van der Waals surface area contributed by atoms with Crippen LogP contribution in [0.1, 0.15) is 30.1 Å². The van der Waals surface area contributed by atoms with Gasteiger partial charge >= 0.3 is 0 Å². The zero-order valence-corrected chi connectivity index (χ0v) is 12.0. The predicted octanol–water partition coefficient (Wildman–Crippen LogP) is 3.46. The Bertz CT molecular complexity index is 428. The highest BCUT2D eigenvalue weighted by Crippen LogP contribution is 2.26. The van der Waals surface area contributed by atoms with Gasteiger partial charge in [-0.1, -0.05) is 35.0 Å². The Morgan fingerprint density at radius 3 is 2.56 bits per heavy atom. The second kappa shape index (κ2) is 5.83. The van der Waals surface area contributed by atoms with Gasteiger partial charge < -0.3 is 4.90 Å². The average Bonchev–Trinajstić information content (AvgIpc) is 2.38. The Kier molecular flexibility index (Phi) is 4.38. The summed E-state index contributed by atoms with van der Waals surface area (Å²) in [6, 6.07) is 6.19. The maximum absolute atomic E-state index is 13.5. The summed E-state index contributed by atoms with van der Waals surface area (Å²) < 4.78 is 13.5. The lowest BCUT2D eigenvalue weighted by Gasteiger charge is -2.33. The zero-order valence-electron chi connectivity index (χ0n) is 10.4. The number of benzene rings is 1. The molecule has 0 saturated carbocycles. The molecule has 2 rings (SSSR count). The minimum atomic E-state index is -0.432. The predicted molar refractivity (Wildman–Crippen MR) is 73.4 cm³/mol. The second-order valence-electron chi connectivity index (χ2n) is 4.79. The summed E-state index contributed by atoms with van der Waals surface area (Å²) in [6.45, 7) is 3.57. The summed E-state index contributed by atoms with van der Waals surface area (Å²) >= 11 is 3.59. The largest absolute Gasteiger partial charge is 0.339 e. The molecule has 1 atom stereocenters. The molecule has 0 bridgehead atoms. The van der Waals surface area contributed by atoms with Gasteiger partial charge in [-0.05, 0) is 30.9 Å². The lowest BCUT2D eigenvalue weighted by atomic mass is 9.94. The van der Waals surface area contributed by atoms with Gasteiger partial charge in [0, 0.05) is 17.9 Å². The van der Waals surface area contributed by atoms with E-state index in [1.807, 2.05) is 0 Å². The highest BCUT2D eigenvalue weighted by atomic mass is 79.9. The number of carbonyl (C=O) groups is 1. The summed E-state index contributed by atoms with van der Waals surface area (Å²) in [7, 11) is 0. The van der Waals surface area contributed by atoms with Crippen molar-refractivity contribution in [3.8, 4) is 0 Å². The minimum Gasteiger partial charge on any atom is -0.339 e. The van der Waals surface area contributed by atoms with Crippen LogP contribution in [-0.2, 0) is 0 Å². The number of nitrogens with zero attached hydrogens (tertiary/aromatic N) is 1. The van der Waals surface area contributed by atoms with E-state index in [1.165, 1.54) is 6.07 Å². The standard InChI is InChI=1S/C14H17BrFNO/c1-10(15)11-6-8-17(9-7-11)14(18)12-4-2-3-5-13(12)16/h2-5,10-11H,6-9H2,1H3. The van der Waals surface area contributed by atoms with E-state index in [9.17, 15) is 9.18 Å². The van der Waals surface area contributed by atoms with Crippen LogP contribution in [0.25, 0.3) is 0 Å². The van der Waals surface area contributed by atoms with Crippen molar-refractivity contribution in [3.63, 3.8) is 0 Å². The van der Waals surface area contributed by atoms with Crippen LogP contribution in [-0.4, -0.2) is 28.7 Å². The molecule has 2 nitrogen and oxygen atoms in total. The van der Waals surface area contributed by atoms with Gasteiger partial charge in [0.25, 0.3) is 5.91 Å². The average molecular weight is 314 g/mol. The number of halogens is 2. The fourth-order valence-electron chi connectivity index (χ4n) is 2.37. The van der Waals surface area contributed by atoms with Gasteiger partial charge in [-0.2, -0.15) is 0 Å². The van der Waals surface area contributed by atoms with Crippen molar-refractivity contribution in [1.82, 2.24) is 4.90 Å². The van der Waals surface area contributed by atoms with Crippen LogP contribution < -0.4 is 0 Å². The summed E-state index contributed by atoms with van der Waals surface area (Å²) in [5, 5.41) is 0. The van der Waals surface area contributed by atoms with Gasteiger partial charge in [0.05, 0.1) is 5.56 Å². The molecule has 0 aliphatic carbocycles. The number of likely N-dealkylation sites (tertiary alicyclic amines) is 1.